The molecule has 5 nitrogen and oxygen atoms in total. The Balaban J connectivity index is 1.93. The number of amides is 1. The highest BCUT2D eigenvalue weighted by Gasteiger charge is 2.32. The molecule has 0 aliphatic carbocycles. The van der Waals surface area contributed by atoms with E-state index in [4.69, 9.17) is 0 Å². The van der Waals surface area contributed by atoms with Gasteiger partial charge >= 0.3 is 6.18 Å². The maximum Gasteiger partial charge on any atom is 0.416 e. The average molecular weight is 309 g/mol. The van der Waals surface area contributed by atoms with Crippen molar-refractivity contribution in [3.63, 3.8) is 0 Å². The standard InChI is InChI=1S/C14H10F3N3O2/c15-14(16,17)10-1-3-11(4-2-10)19-5-6-20-12(13(19)22)9(8-21)7-18-20/h1-4,7-8H,5-6H2. The van der Waals surface area contributed by atoms with Crippen molar-refractivity contribution in [3.05, 3.63) is 47.3 Å². The minimum atomic E-state index is -4.42. The van der Waals surface area contributed by atoms with Gasteiger partial charge in [0.1, 0.15) is 5.69 Å². The van der Waals surface area contributed by atoms with Crippen molar-refractivity contribution in [2.24, 2.45) is 0 Å². The van der Waals surface area contributed by atoms with E-state index >= 15 is 0 Å². The average Bonchev–Trinajstić information content (AvgIpc) is 2.91. The Kier molecular flexibility index (Phi) is 3.23. The summed E-state index contributed by atoms with van der Waals surface area (Å²) in [5, 5.41) is 3.94. The van der Waals surface area contributed by atoms with Gasteiger partial charge in [-0.1, -0.05) is 0 Å². The molecule has 3 rings (SSSR count). The van der Waals surface area contributed by atoms with Gasteiger partial charge in [-0.05, 0) is 24.3 Å². The van der Waals surface area contributed by atoms with Crippen molar-refractivity contribution in [1.29, 1.82) is 0 Å². The third-order valence-corrected chi connectivity index (χ3v) is 3.48. The van der Waals surface area contributed by atoms with E-state index in [1.807, 2.05) is 0 Å². The zero-order chi connectivity index (χ0) is 15.9. The topological polar surface area (TPSA) is 55.2 Å². The number of carbonyl (C=O) groups is 2. The van der Waals surface area contributed by atoms with Gasteiger partial charge in [-0.3, -0.25) is 14.3 Å². The molecule has 8 heteroatoms. The number of carbonyl (C=O) groups excluding carboxylic acids is 2. The van der Waals surface area contributed by atoms with Crippen molar-refractivity contribution >= 4 is 17.9 Å². The van der Waals surface area contributed by atoms with Crippen LogP contribution in [0.15, 0.2) is 30.5 Å². The zero-order valence-electron chi connectivity index (χ0n) is 11.2. The van der Waals surface area contributed by atoms with Gasteiger partial charge in [0.05, 0.1) is 23.9 Å². The summed E-state index contributed by atoms with van der Waals surface area (Å²) in [6.07, 6.45) is -2.59. The molecule has 1 aliphatic heterocycles. The van der Waals surface area contributed by atoms with E-state index in [9.17, 15) is 22.8 Å². The van der Waals surface area contributed by atoms with Gasteiger partial charge in [0.2, 0.25) is 0 Å². The molecule has 0 radical (unpaired) electrons. The predicted octanol–water partition coefficient (Wildman–Crippen LogP) is 2.37. The van der Waals surface area contributed by atoms with Crippen LogP contribution < -0.4 is 4.90 Å². The van der Waals surface area contributed by atoms with Gasteiger partial charge in [-0.2, -0.15) is 18.3 Å². The Hall–Kier alpha value is -2.64. The number of rotatable bonds is 2. The number of nitrogens with zero attached hydrogens (tertiary/aromatic N) is 3. The van der Waals surface area contributed by atoms with E-state index in [1.165, 1.54) is 27.9 Å². The molecule has 1 amide bonds. The van der Waals surface area contributed by atoms with Gasteiger partial charge < -0.3 is 4.90 Å². The quantitative estimate of drug-likeness (QED) is 0.800. The lowest BCUT2D eigenvalue weighted by Gasteiger charge is -2.28. The lowest BCUT2D eigenvalue weighted by molar-refractivity contribution is -0.137. The maximum absolute atomic E-state index is 12.6. The Morgan fingerprint density at radius 2 is 1.82 bits per heavy atom. The van der Waals surface area contributed by atoms with E-state index < -0.39 is 17.6 Å². The van der Waals surface area contributed by atoms with Crippen molar-refractivity contribution in [2.45, 2.75) is 12.7 Å². The summed E-state index contributed by atoms with van der Waals surface area (Å²) in [4.78, 5) is 24.7. The van der Waals surface area contributed by atoms with E-state index in [1.54, 1.807) is 0 Å². The fourth-order valence-corrected chi connectivity index (χ4v) is 2.39. The van der Waals surface area contributed by atoms with Gasteiger partial charge in [0.25, 0.3) is 5.91 Å². The van der Waals surface area contributed by atoms with Gasteiger partial charge in [0.15, 0.2) is 6.29 Å². The predicted molar refractivity (Wildman–Crippen MR) is 70.7 cm³/mol. The summed E-state index contributed by atoms with van der Waals surface area (Å²) in [7, 11) is 0. The highest BCUT2D eigenvalue weighted by atomic mass is 19.4. The Morgan fingerprint density at radius 3 is 2.41 bits per heavy atom. The van der Waals surface area contributed by atoms with Crippen LogP contribution in [0.5, 0.6) is 0 Å². The van der Waals surface area contributed by atoms with Gasteiger partial charge in [-0.25, -0.2) is 0 Å². The molecule has 22 heavy (non-hydrogen) atoms. The third-order valence-electron chi connectivity index (χ3n) is 3.48. The molecule has 0 bridgehead atoms. The number of benzene rings is 1. The first-order chi connectivity index (χ1) is 10.4. The van der Waals surface area contributed by atoms with Crippen molar-refractivity contribution in [3.8, 4) is 0 Å². The van der Waals surface area contributed by atoms with Crippen molar-refractivity contribution in [1.82, 2.24) is 9.78 Å². The highest BCUT2D eigenvalue weighted by Crippen LogP contribution is 2.31. The molecule has 0 atom stereocenters. The Morgan fingerprint density at radius 1 is 1.14 bits per heavy atom. The zero-order valence-corrected chi connectivity index (χ0v) is 11.2. The summed E-state index contributed by atoms with van der Waals surface area (Å²) in [5.74, 6) is -0.453. The molecule has 114 valence electrons. The van der Waals surface area contributed by atoms with Gasteiger partial charge in [-0.15, -0.1) is 0 Å². The van der Waals surface area contributed by atoms with Crippen LogP contribution in [0.25, 0.3) is 0 Å². The number of fused-ring (bicyclic) bond motifs is 1. The second kappa shape index (κ2) is 4.97. The highest BCUT2D eigenvalue weighted by molar-refractivity contribution is 6.09. The van der Waals surface area contributed by atoms with Crippen LogP contribution in [-0.4, -0.2) is 28.5 Å². The molecule has 0 saturated carbocycles. The second-order valence-electron chi connectivity index (χ2n) is 4.79. The monoisotopic (exact) mass is 309 g/mol. The van der Waals surface area contributed by atoms with Gasteiger partial charge in [0, 0.05) is 12.2 Å². The SMILES string of the molecule is O=Cc1cnn2c1C(=O)N(c1ccc(C(F)(F)F)cc1)CC2. The van der Waals surface area contributed by atoms with E-state index in [0.717, 1.165) is 12.1 Å². The summed E-state index contributed by atoms with van der Waals surface area (Å²) in [5.41, 5.74) is -0.107. The molecular weight excluding hydrogens is 299 g/mol. The minimum Gasteiger partial charge on any atom is -0.305 e. The third kappa shape index (κ3) is 2.26. The number of hydrogen-bond donors (Lipinski definition) is 0. The van der Waals surface area contributed by atoms with E-state index in [-0.39, 0.29) is 17.8 Å². The smallest absolute Gasteiger partial charge is 0.305 e. The molecule has 2 aromatic rings. The summed E-state index contributed by atoms with van der Waals surface area (Å²) in [6.45, 7) is 0.646. The first-order valence-electron chi connectivity index (χ1n) is 6.42. The van der Waals surface area contributed by atoms with Crippen LogP contribution >= 0.6 is 0 Å². The van der Waals surface area contributed by atoms with Crippen molar-refractivity contribution in [2.75, 3.05) is 11.4 Å². The molecule has 1 aliphatic rings. The molecule has 1 aromatic carbocycles. The number of halogens is 3. The van der Waals surface area contributed by atoms with Crippen LogP contribution in [-0.2, 0) is 12.7 Å². The normalized spacial score (nSPS) is 14.9. The maximum atomic E-state index is 12.6. The summed E-state index contributed by atoms with van der Waals surface area (Å²) >= 11 is 0. The van der Waals surface area contributed by atoms with Crippen LogP contribution in [0.4, 0.5) is 18.9 Å². The number of aromatic nitrogens is 2. The number of anilines is 1. The summed E-state index contributed by atoms with van der Waals surface area (Å²) < 4.78 is 39.1. The Bertz CT molecular complexity index is 735. The lowest BCUT2D eigenvalue weighted by Crippen LogP contribution is -2.41. The van der Waals surface area contributed by atoms with Crippen LogP contribution in [0.1, 0.15) is 26.4 Å². The number of hydrogen-bond acceptors (Lipinski definition) is 3. The van der Waals surface area contributed by atoms with E-state index in [2.05, 4.69) is 5.10 Å². The van der Waals surface area contributed by atoms with E-state index in [0.29, 0.717) is 18.5 Å². The molecule has 0 N–H and O–H groups in total. The minimum absolute atomic E-state index is 0.154. The first-order valence-corrected chi connectivity index (χ1v) is 6.42. The van der Waals surface area contributed by atoms with Crippen LogP contribution in [0.2, 0.25) is 0 Å². The molecule has 0 fully saturated rings. The number of alkyl halides is 3. The fraction of sp³-hybridized carbons (Fsp3) is 0.214. The summed E-state index contributed by atoms with van der Waals surface area (Å²) in [6, 6.07) is 4.34. The largest absolute Gasteiger partial charge is 0.416 e. The second-order valence-corrected chi connectivity index (χ2v) is 4.79. The fourth-order valence-electron chi connectivity index (χ4n) is 2.39. The lowest BCUT2D eigenvalue weighted by atomic mass is 10.1. The molecule has 0 spiro atoms. The first kappa shape index (κ1) is 14.3. The molecule has 1 aromatic heterocycles. The number of aldehydes is 1. The molecular formula is C14H10F3N3O2. The molecule has 0 unspecified atom stereocenters. The van der Waals surface area contributed by atoms with Crippen LogP contribution in [0.3, 0.4) is 0 Å². The molecule has 2 heterocycles. The molecule has 0 saturated heterocycles. The van der Waals surface area contributed by atoms with Crippen LogP contribution in [0, 0.1) is 0 Å². The Labute approximate surface area is 122 Å². The van der Waals surface area contributed by atoms with Crippen molar-refractivity contribution < 1.29 is 22.8 Å².